The number of benzene rings is 1. The molecule has 0 bridgehead atoms. The van der Waals surface area contributed by atoms with Gasteiger partial charge in [0.05, 0.1) is 21.2 Å². The van der Waals surface area contributed by atoms with Gasteiger partial charge < -0.3 is 15.2 Å². The first-order valence-electron chi connectivity index (χ1n) is 12.5. The number of nitrogens with zero attached hydrogens (tertiary/aromatic N) is 3. The maximum Gasteiger partial charge on any atom is 0.259 e. The second-order valence-electron chi connectivity index (χ2n) is 9.95. The van der Waals surface area contributed by atoms with Crippen LogP contribution in [0.4, 0.5) is 11.5 Å². The van der Waals surface area contributed by atoms with E-state index in [0.29, 0.717) is 33.8 Å². The van der Waals surface area contributed by atoms with Crippen molar-refractivity contribution in [3.05, 3.63) is 77.0 Å². The normalized spacial score (nSPS) is 15.4. The number of pyridine rings is 3. The number of likely N-dealkylation sites (tertiary alicyclic amines) is 1. The molecule has 192 valence electrons. The lowest BCUT2D eigenvalue weighted by molar-refractivity contribution is 0.255. The Morgan fingerprint density at radius 2 is 1.78 bits per heavy atom. The molecule has 0 spiro atoms. The van der Waals surface area contributed by atoms with E-state index in [2.05, 4.69) is 39.4 Å². The summed E-state index contributed by atoms with van der Waals surface area (Å²) in [6.45, 7) is 5.49. The van der Waals surface area contributed by atoms with Crippen LogP contribution in [0.25, 0.3) is 22.0 Å². The highest BCUT2D eigenvalue weighted by molar-refractivity contribution is 7.92. The average molecular weight is 518 g/mol. The predicted molar refractivity (Wildman–Crippen MR) is 147 cm³/mol. The average Bonchev–Trinajstić information content (AvgIpc) is 2.89. The molecule has 9 heteroatoms. The van der Waals surface area contributed by atoms with Gasteiger partial charge in [-0.15, -0.1) is 0 Å². The molecule has 0 unspecified atom stereocenters. The van der Waals surface area contributed by atoms with Crippen molar-refractivity contribution in [2.75, 3.05) is 25.5 Å². The number of H-pyrrole nitrogens is 1. The van der Waals surface area contributed by atoms with Crippen molar-refractivity contribution in [2.45, 2.75) is 42.8 Å². The van der Waals surface area contributed by atoms with Gasteiger partial charge in [0.2, 0.25) is 0 Å². The van der Waals surface area contributed by atoms with E-state index < -0.39 is 15.1 Å². The first-order chi connectivity index (χ1) is 17.7. The van der Waals surface area contributed by atoms with Gasteiger partial charge >= 0.3 is 0 Å². The van der Waals surface area contributed by atoms with Crippen molar-refractivity contribution in [1.82, 2.24) is 19.9 Å². The molecule has 1 saturated heterocycles. The number of anilines is 2. The van der Waals surface area contributed by atoms with Crippen LogP contribution < -0.4 is 10.9 Å². The van der Waals surface area contributed by atoms with Crippen LogP contribution in [0.5, 0.6) is 0 Å². The van der Waals surface area contributed by atoms with Crippen LogP contribution in [0.2, 0.25) is 0 Å². The molecule has 1 fully saturated rings. The van der Waals surface area contributed by atoms with Gasteiger partial charge in [-0.25, -0.2) is 13.4 Å². The number of rotatable bonds is 6. The number of sulfone groups is 1. The first kappa shape index (κ1) is 25.1. The number of fused-ring (bicyclic) bond motifs is 1. The topological polar surface area (TPSA) is 108 Å². The lowest BCUT2D eigenvalue weighted by Gasteiger charge is -2.29. The van der Waals surface area contributed by atoms with Crippen LogP contribution in [-0.4, -0.2) is 53.7 Å². The number of hydrogen-bond acceptors (Lipinski definition) is 7. The number of aromatic nitrogens is 3. The van der Waals surface area contributed by atoms with Crippen molar-refractivity contribution in [2.24, 2.45) is 0 Å². The van der Waals surface area contributed by atoms with Crippen molar-refractivity contribution >= 4 is 32.1 Å². The summed E-state index contributed by atoms with van der Waals surface area (Å²) < 4.78 is 25.4. The zero-order valence-corrected chi connectivity index (χ0v) is 22.0. The summed E-state index contributed by atoms with van der Waals surface area (Å²) in [5.41, 5.74) is 2.97. The summed E-state index contributed by atoms with van der Waals surface area (Å²) >= 11 is 0. The molecule has 1 aromatic carbocycles. The third kappa shape index (κ3) is 5.14. The number of nitrogens with one attached hydrogen (secondary N) is 2. The van der Waals surface area contributed by atoms with Crippen LogP contribution in [0.15, 0.2) is 70.7 Å². The highest BCUT2D eigenvalue weighted by Crippen LogP contribution is 2.31. The smallest absolute Gasteiger partial charge is 0.259 e. The largest absolute Gasteiger partial charge is 0.340 e. The fraction of sp³-hybridized carbons (Fsp3) is 0.321. The number of aromatic amines is 1. The SMILES string of the molecule is CC(C)S(=O)(=O)c1cncc(-c2cc3cc[nH]c(=O)c3c(Nc3ccc(C4CCN(C)CC4)cc3)n2)c1. The van der Waals surface area contributed by atoms with E-state index in [-0.39, 0.29) is 10.5 Å². The molecule has 37 heavy (non-hydrogen) atoms. The Labute approximate surface area is 216 Å². The molecular weight excluding hydrogens is 486 g/mol. The summed E-state index contributed by atoms with van der Waals surface area (Å²) in [6.07, 6.45) is 6.82. The molecule has 2 N–H and O–H groups in total. The molecular formula is C28H31N5O3S. The minimum atomic E-state index is -3.50. The van der Waals surface area contributed by atoms with Crippen LogP contribution in [-0.2, 0) is 9.84 Å². The maximum absolute atomic E-state index is 12.8. The Hall–Kier alpha value is -3.56. The molecule has 8 nitrogen and oxygen atoms in total. The van der Waals surface area contributed by atoms with Gasteiger partial charge in [0.1, 0.15) is 5.82 Å². The van der Waals surface area contributed by atoms with Gasteiger partial charge in [0, 0.05) is 29.8 Å². The van der Waals surface area contributed by atoms with Gasteiger partial charge in [-0.2, -0.15) is 0 Å². The van der Waals surface area contributed by atoms with Crippen LogP contribution in [0, 0.1) is 0 Å². The fourth-order valence-electron chi connectivity index (χ4n) is 4.76. The quantitative estimate of drug-likeness (QED) is 0.381. The highest BCUT2D eigenvalue weighted by Gasteiger charge is 2.21. The Kier molecular flexibility index (Phi) is 6.83. The lowest BCUT2D eigenvalue weighted by atomic mass is 9.89. The van der Waals surface area contributed by atoms with Crippen molar-refractivity contribution in [3.63, 3.8) is 0 Å². The monoisotopic (exact) mass is 517 g/mol. The summed E-state index contributed by atoms with van der Waals surface area (Å²) in [7, 11) is -1.34. The second-order valence-corrected chi connectivity index (χ2v) is 12.5. The zero-order chi connectivity index (χ0) is 26.2. The van der Waals surface area contributed by atoms with E-state index in [1.165, 1.54) is 11.8 Å². The van der Waals surface area contributed by atoms with Gasteiger partial charge in [-0.05, 0) is 94.0 Å². The standard InChI is InChI=1S/C28H31N5O3S/c1-18(2)37(35,36)24-14-22(16-29-17-24)25-15-21-8-11-30-28(34)26(21)27(32-25)31-23-6-4-19(5-7-23)20-9-12-33(3)13-10-20/h4-8,11,14-18,20H,9-10,12-13H2,1-3H3,(H,30,34)(H,31,32). The Morgan fingerprint density at radius 3 is 2.49 bits per heavy atom. The molecule has 3 aromatic heterocycles. The van der Waals surface area contributed by atoms with Crippen molar-refractivity contribution in [1.29, 1.82) is 0 Å². The molecule has 0 atom stereocenters. The minimum Gasteiger partial charge on any atom is -0.340 e. The Balaban J connectivity index is 1.52. The van der Waals surface area contributed by atoms with Gasteiger partial charge in [0.15, 0.2) is 9.84 Å². The molecule has 0 aliphatic carbocycles. The Morgan fingerprint density at radius 1 is 1.05 bits per heavy atom. The first-order valence-corrected chi connectivity index (χ1v) is 14.0. The van der Waals surface area contributed by atoms with Crippen molar-refractivity contribution < 1.29 is 8.42 Å². The van der Waals surface area contributed by atoms with E-state index in [1.54, 1.807) is 44.4 Å². The summed E-state index contributed by atoms with van der Waals surface area (Å²) in [6, 6.07) is 13.5. The lowest BCUT2D eigenvalue weighted by Crippen LogP contribution is -2.29. The van der Waals surface area contributed by atoms with Crippen molar-refractivity contribution in [3.8, 4) is 11.3 Å². The van der Waals surface area contributed by atoms with E-state index in [0.717, 1.165) is 31.6 Å². The molecule has 4 heterocycles. The van der Waals surface area contributed by atoms with Gasteiger partial charge in [0.25, 0.3) is 5.56 Å². The zero-order valence-electron chi connectivity index (χ0n) is 21.2. The third-order valence-corrected chi connectivity index (χ3v) is 9.20. The highest BCUT2D eigenvalue weighted by atomic mass is 32.2. The Bertz CT molecular complexity index is 1590. The fourth-order valence-corrected chi connectivity index (χ4v) is 5.80. The molecule has 4 aromatic rings. The molecule has 0 radical (unpaired) electrons. The number of hydrogen-bond donors (Lipinski definition) is 2. The third-order valence-electron chi connectivity index (χ3n) is 7.08. The van der Waals surface area contributed by atoms with Gasteiger partial charge in [-0.3, -0.25) is 9.78 Å². The molecule has 5 rings (SSSR count). The van der Waals surface area contributed by atoms with E-state index in [9.17, 15) is 13.2 Å². The van der Waals surface area contributed by atoms with Crippen LogP contribution in [0.3, 0.4) is 0 Å². The van der Waals surface area contributed by atoms with E-state index in [1.807, 2.05) is 12.1 Å². The second kappa shape index (κ2) is 10.1. The molecule has 1 aliphatic rings. The summed E-state index contributed by atoms with van der Waals surface area (Å²) in [4.78, 5) is 26.9. The van der Waals surface area contributed by atoms with Gasteiger partial charge in [-0.1, -0.05) is 12.1 Å². The molecule has 1 aliphatic heterocycles. The summed E-state index contributed by atoms with van der Waals surface area (Å²) in [5.74, 6) is 0.954. The summed E-state index contributed by atoms with van der Waals surface area (Å²) in [5, 5.41) is 3.88. The maximum atomic E-state index is 12.8. The van der Waals surface area contributed by atoms with E-state index >= 15 is 0 Å². The number of piperidine rings is 1. The van der Waals surface area contributed by atoms with E-state index in [4.69, 9.17) is 4.98 Å². The molecule has 0 amide bonds. The van der Waals surface area contributed by atoms with Crippen LogP contribution in [0.1, 0.15) is 38.2 Å². The minimum absolute atomic E-state index is 0.145. The predicted octanol–water partition coefficient (Wildman–Crippen LogP) is 4.72. The van der Waals surface area contributed by atoms with Crippen LogP contribution >= 0.6 is 0 Å². The molecule has 0 saturated carbocycles.